The lowest BCUT2D eigenvalue weighted by Crippen LogP contribution is -2.03. The summed E-state index contributed by atoms with van der Waals surface area (Å²) in [5.41, 5.74) is 13.1. The van der Waals surface area contributed by atoms with Crippen LogP contribution in [0.5, 0.6) is 0 Å². The van der Waals surface area contributed by atoms with E-state index in [0.717, 1.165) is 11.4 Å². The smallest absolute Gasteiger partial charge is 0.0646 e. The van der Waals surface area contributed by atoms with Crippen LogP contribution in [0.4, 0.5) is 0 Å². The van der Waals surface area contributed by atoms with Crippen molar-refractivity contribution in [2.75, 3.05) is 0 Å². The Morgan fingerprint density at radius 3 is 0.643 bits per heavy atom. The molecule has 0 N–H and O–H groups in total. The first-order chi connectivity index (χ1) is 33.1. The van der Waals surface area contributed by atoms with E-state index < -0.39 is 0 Å². The molecule has 5 aromatic rings. The fourth-order valence-corrected chi connectivity index (χ4v) is 6.90. The van der Waals surface area contributed by atoms with Crippen molar-refractivity contribution in [3.63, 3.8) is 0 Å². The Kier molecular flexibility index (Phi) is 48.8. The normalized spacial score (nSPS) is 10.0. The van der Waals surface area contributed by atoms with E-state index in [1.807, 2.05) is 119 Å². The van der Waals surface area contributed by atoms with Gasteiger partial charge >= 0.3 is 0 Å². The molecule has 0 aliphatic carbocycles. The Morgan fingerprint density at radius 1 is 0.229 bits per heavy atom. The zero-order chi connectivity index (χ0) is 55.7. The molecular formula is C64H114N6. The standard InChI is InChI=1S/4C11H17N.C10H16N2.5C2H6/c2*1-8(2)10-5-6-12-7-11(10)9(3)4;2*1-8(2)10-6-5-7-12-11(10)9(3)4;1-7(2)9-10(8(3)4)12-6-5-11-9;5*1-2/h4*5-9H,1-4H3;5-8H,1-4H3;5*1-2H3. The van der Waals surface area contributed by atoms with Gasteiger partial charge in [0.25, 0.3) is 0 Å². The highest BCUT2D eigenvalue weighted by atomic mass is 14.8. The molecule has 0 aliphatic rings. The highest BCUT2D eigenvalue weighted by Crippen LogP contribution is 2.27. The molecule has 0 saturated carbocycles. The molecule has 0 radical (unpaired) electrons. The first-order valence-corrected chi connectivity index (χ1v) is 27.7. The van der Waals surface area contributed by atoms with Crippen molar-refractivity contribution >= 4 is 0 Å². The first kappa shape index (κ1) is 74.6. The quantitative estimate of drug-likeness (QED) is 0.139. The van der Waals surface area contributed by atoms with E-state index >= 15 is 0 Å². The van der Waals surface area contributed by atoms with Gasteiger partial charge in [0, 0.05) is 61.0 Å². The number of rotatable bonds is 10. The van der Waals surface area contributed by atoms with Gasteiger partial charge in [-0.05, 0) is 117 Å². The summed E-state index contributed by atoms with van der Waals surface area (Å²) < 4.78 is 0. The number of hydrogen-bond acceptors (Lipinski definition) is 6. The van der Waals surface area contributed by atoms with Gasteiger partial charge in [0.2, 0.25) is 0 Å². The molecule has 70 heavy (non-hydrogen) atoms. The molecule has 0 aliphatic heterocycles. The van der Waals surface area contributed by atoms with Crippen LogP contribution in [0.1, 0.15) is 323 Å². The summed E-state index contributed by atoms with van der Waals surface area (Å²) in [4.78, 5) is 25.8. The highest BCUT2D eigenvalue weighted by Gasteiger charge is 2.13. The van der Waals surface area contributed by atoms with Crippen LogP contribution in [0.15, 0.2) is 86.0 Å². The molecule has 0 atom stereocenters. The SMILES string of the molecule is CC.CC.CC.CC.CC.CC(C)c1cccnc1C(C)C.CC(C)c1cccnc1C(C)C.CC(C)c1ccncc1C(C)C.CC(C)c1ccncc1C(C)C.CC(C)c1nccnc1C(C)C. The zero-order valence-corrected chi connectivity index (χ0v) is 51.5. The molecule has 5 rings (SSSR count). The molecule has 0 bridgehead atoms. The Hall–Kier alpha value is -4.32. The van der Waals surface area contributed by atoms with E-state index in [-0.39, 0.29) is 0 Å². The molecule has 0 amide bonds. The number of aromatic nitrogens is 6. The Balaban J connectivity index is -0.000000240. The van der Waals surface area contributed by atoms with Crippen molar-refractivity contribution in [2.24, 2.45) is 0 Å². The van der Waals surface area contributed by atoms with Crippen molar-refractivity contribution in [2.45, 2.75) is 267 Å². The third-order valence-electron chi connectivity index (χ3n) is 10.2. The predicted octanol–water partition coefficient (Wildman–Crippen LogP) is 21.2. The molecule has 0 fully saturated rings. The lowest BCUT2D eigenvalue weighted by atomic mass is 9.93. The fourth-order valence-electron chi connectivity index (χ4n) is 6.90. The van der Waals surface area contributed by atoms with Crippen LogP contribution in [0.25, 0.3) is 0 Å². The second-order valence-corrected chi connectivity index (χ2v) is 18.8. The van der Waals surface area contributed by atoms with Crippen molar-refractivity contribution in [1.82, 2.24) is 29.9 Å². The minimum absolute atomic E-state index is 0.469. The van der Waals surface area contributed by atoms with E-state index in [9.17, 15) is 0 Å². The summed E-state index contributed by atoms with van der Waals surface area (Å²) in [7, 11) is 0. The summed E-state index contributed by atoms with van der Waals surface area (Å²) in [6, 6.07) is 12.6. The Bertz CT molecular complexity index is 1450. The van der Waals surface area contributed by atoms with E-state index in [4.69, 9.17) is 0 Å². The maximum Gasteiger partial charge on any atom is 0.0646 e. The Morgan fingerprint density at radius 2 is 0.457 bits per heavy atom. The van der Waals surface area contributed by atoms with Gasteiger partial charge in [-0.3, -0.25) is 29.9 Å². The monoisotopic (exact) mass is 967 g/mol. The Labute approximate surface area is 437 Å². The van der Waals surface area contributed by atoms with Gasteiger partial charge in [-0.2, -0.15) is 0 Å². The van der Waals surface area contributed by atoms with E-state index in [1.54, 1.807) is 12.4 Å². The van der Waals surface area contributed by atoms with Gasteiger partial charge in [0.1, 0.15) is 0 Å². The molecule has 400 valence electrons. The zero-order valence-electron chi connectivity index (χ0n) is 51.5. The van der Waals surface area contributed by atoms with Gasteiger partial charge < -0.3 is 0 Å². The van der Waals surface area contributed by atoms with Crippen molar-refractivity contribution in [3.05, 3.63) is 142 Å². The van der Waals surface area contributed by atoms with Gasteiger partial charge in [0.05, 0.1) is 11.4 Å². The summed E-state index contributed by atoms with van der Waals surface area (Å²) >= 11 is 0. The van der Waals surface area contributed by atoms with E-state index in [1.165, 1.54) is 44.8 Å². The van der Waals surface area contributed by atoms with Crippen LogP contribution in [0.2, 0.25) is 0 Å². The number of nitrogens with zero attached hydrogens (tertiary/aromatic N) is 6. The average Bonchev–Trinajstić information content (AvgIpc) is 3.37. The van der Waals surface area contributed by atoms with E-state index in [0.29, 0.717) is 59.2 Å². The fraction of sp³-hybridized carbons (Fsp3) is 0.625. The second-order valence-electron chi connectivity index (χ2n) is 18.8. The van der Waals surface area contributed by atoms with Gasteiger partial charge in [-0.15, -0.1) is 0 Å². The van der Waals surface area contributed by atoms with Crippen LogP contribution in [-0.4, -0.2) is 29.9 Å². The molecule has 6 heteroatoms. The second kappa shape index (κ2) is 45.8. The highest BCUT2D eigenvalue weighted by molar-refractivity contribution is 5.30. The third-order valence-corrected chi connectivity index (χ3v) is 10.2. The largest absolute Gasteiger partial charge is 0.264 e. The maximum atomic E-state index is 4.40. The van der Waals surface area contributed by atoms with Crippen molar-refractivity contribution in [3.8, 4) is 0 Å². The van der Waals surface area contributed by atoms with Gasteiger partial charge in [-0.1, -0.05) is 220 Å². The van der Waals surface area contributed by atoms with Crippen LogP contribution in [0, 0.1) is 0 Å². The van der Waals surface area contributed by atoms with Crippen LogP contribution >= 0.6 is 0 Å². The van der Waals surface area contributed by atoms with Gasteiger partial charge in [-0.25, -0.2) is 0 Å². The lowest BCUT2D eigenvalue weighted by Gasteiger charge is -2.14. The minimum Gasteiger partial charge on any atom is -0.264 e. The maximum absolute atomic E-state index is 4.40. The minimum atomic E-state index is 0.469. The molecule has 0 aromatic carbocycles. The van der Waals surface area contributed by atoms with Crippen molar-refractivity contribution < 1.29 is 0 Å². The molecule has 0 unspecified atom stereocenters. The molecule has 6 nitrogen and oxygen atoms in total. The molecule has 0 spiro atoms. The number of pyridine rings is 4. The number of hydrogen-bond donors (Lipinski definition) is 0. The molecule has 5 heterocycles. The summed E-state index contributed by atoms with van der Waals surface area (Å²) in [6.45, 7) is 63.9. The topological polar surface area (TPSA) is 77.3 Å². The average molecular weight is 968 g/mol. The van der Waals surface area contributed by atoms with Crippen molar-refractivity contribution in [1.29, 1.82) is 0 Å². The van der Waals surface area contributed by atoms with Crippen LogP contribution in [-0.2, 0) is 0 Å². The predicted molar refractivity (Wildman–Crippen MR) is 317 cm³/mol. The molecule has 0 saturated heterocycles. The first-order valence-electron chi connectivity index (χ1n) is 27.7. The summed E-state index contributed by atoms with van der Waals surface area (Å²) in [5, 5.41) is 0. The third kappa shape index (κ3) is 30.4. The van der Waals surface area contributed by atoms with Crippen LogP contribution < -0.4 is 0 Å². The lowest BCUT2D eigenvalue weighted by molar-refractivity contribution is 0.726. The summed E-state index contributed by atoms with van der Waals surface area (Å²) in [6.07, 6.45) is 15.0. The molecule has 5 aromatic heterocycles. The van der Waals surface area contributed by atoms with Crippen LogP contribution in [0.3, 0.4) is 0 Å². The van der Waals surface area contributed by atoms with Gasteiger partial charge in [0.15, 0.2) is 0 Å². The molecular weight excluding hydrogens is 853 g/mol. The summed E-state index contributed by atoms with van der Waals surface area (Å²) in [5.74, 6) is 5.52. The van der Waals surface area contributed by atoms with E-state index in [2.05, 4.69) is 193 Å².